The summed E-state index contributed by atoms with van der Waals surface area (Å²) in [5.74, 6) is -1.77. The van der Waals surface area contributed by atoms with E-state index in [0.29, 0.717) is 13.1 Å². The molecule has 2 aromatic rings. The van der Waals surface area contributed by atoms with Crippen LogP contribution in [0.25, 0.3) is 0 Å². The number of rotatable bonds is 3. The molecule has 2 aliphatic rings. The van der Waals surface area contributed by atoms with Crippen molar-refractivity contribution in [1.82, 2.24) is 24.6 Å². The van der Waals surface area contributed by atoms with E-state index in [9.17, 15) is 22.8 Å². The van der Waals surface area contributed by atoms with Crippen molar-refractivity contribution in [2.75, 3.05) is 13.1 Å². The van der Waals surface area contributed by atoms with E-state index in [1.54, 1.807) is 11.8 Å². The molecular weight excluding hydrogens is 387 g/mol. The molecule has 1 aromatic heterocycles. The maximum Gasteiger partial charge on any atom is 0.451 e. The van der Waals surface area contributed by atoms with Crippen LogP contribution in [-0.4, -0.2) is 49.5 Å². The molecule has 2 aliphatic heterocycles. The van der Waals surface area contributed by atoms with E-state index >= 15 is 0 Å². The number of hydrogen-bond donors (Lipinski definition) is 0. The molecule has 29 heavy (non-hydrogen) atoms. The maximum atomic E-state index is 13.1. The molecule has 4 rings (SSSR count). The van der Waals surface area contributed by atoms with Gasteiger partial charge in [0.2, 0.25) is 17.6 Å². The molecule has 7 nitrogen and oxygen atoms in total. The Kier molecular flexibility index (Phi) is 4.79. The largest absolute Gasteiger partial charge is 0.451 e. The van der Waals surface area contributed by atoms with Crippen molar-refractivity contribution in [1.29, 1.82) is 0 Å². The molecule has 0 N–H and O–H groups in total. The Morgan fingerprint density at radius 3 is 2.59 bits per heavy atom. The van der Waals surface area contributed by atoms with Crippen molar-refractivity contribution in [2.24, 2.45) is 5.92 Å². The first-order valence-electron chi connectivity index (χ1n) is 9.38. The fraction of sp³-hybridized carbons (Fsp3) is 0.474. The molecule has 0 radical (unpaired) electrons. The minimum atomic E-state index is -4.59. The number of carbonyl (C=O) groups excluding carboxylic acids is 2. The van der Waals surface area contributed by atoms with Gasteiger partial charge >= 0.3 is 6.18 Å². The van der Waals surface area contributed by atoms with Gasteiger partial charge in [-0.3, -0.25) is 9.59 Å². The normalized spacial score (nSPS) is 22.1. The number of halogens is 3. The third-order valence-corrected chi connectivity index (χ3v) is 5.50. The van der Waals surface area contributed by atoms with E-state index in [4.69, 9.17) is 0 Å². The standard InChI is InChI=1S/C19H20F3N5O2/c1-12-16-23-24-18(19(20,21)22)27(16)8-7-26(12)17(29)14-9-15(28)25(11-14)10-13-5-3-2-4-6-13/h2-6,12,14H,7-11H2,1H3. The Labute approximate surface area is 165 Å². The van der Waals surface area contributed by atoms with Gasteiger partial charge in [-0.1, -0.05) is 30.3 Å². The second-order valence-electron chi connectivity index (χ2n) is 7.40. The summed E-state index contributed by atoms with van der Waals surface area (Å²) >= 11 is 0. The van der Waals surface area contributed by atoms with Gasteiger partial charge in [0.25, 0.3) is 0 Å². The molecular formula is C19H20F3N5O2. The molecule has 154 valence electrons. The fourth-order valence-electron chi connectivity index (χ4n) is 4.02. The van der Waals surface area contributed by atoms with Crippen LogP contribution in [0.4, 0.5) is 13.2 Å². The minimum absolute atomic E-state index is 0.0261. The number of aromatic nitrogens is 3. The molecule has 0 bridgehead atoms. The van der Waals surface area contributed by atoms with E-state index in [1.807, 2.05) is 30.3 Å². The SMILES string of the molecule is CC1c2nnc(C(F)(F)F)n2CCN1C(=O)C1CC(=O)N(Cc2ccccc2)C1. The van der Waals surface area contributed by atoms with Crippen LogP contribution in [-0.2, 0) is 28.9 Å². The second kappa shape index (κ2) is 7.16. The highest BCUT2D eigenvalue weighted by Gasteiger charge is 2.44. The van der Waals surface area contributed by atoms with Gasteiger partial charge < -0.3 is 14.4 Å². The first-order valence-corrected chi connectivity index (χ1v) is 9.38. The van der Waals surface area contributed by atoms with Crippen LogP contribution in [0.1, 0.15) is 36.6 Å². The molecule has 0 saturated carbocycles. The molecule has 10 heteroatoms. The Balaban J connectivity index is 1.46. The quantitative estimate of drug-likeness (QED) is 0.783. The molecule has 2 amide bonds. The van der Waals surface area contributed by atoms with Crippen LogP contribution in [0.15, 0.2) is 30.3 Å². The van der Waals surface area contributed by atoms with Crippen LogP contribution in [0, 0.1) is 5.92 Å². The summed E-state index contributed by atoms with van der Waals surface area (Å²) in [6.45, 7) is 2.47. The number of carbonyl (C=O) groups is 2. The number of likely N-dealkylation sites (tertiary alicyclic amines) is 1. The van der Waals surface area contributed by atoms with Gasteiger partial charge in [0.15, 0.2) is 5.82 Å². The Morgan fingerprint density at radius 1 is 1.17 bits per heavy atom. The van der Waals surface area contributed by atoms with Crippen LogP contribution >= 0.6 is 0 Å². The maximum absolute atomic E-state index is 13.1. The predicted octanol–water partition coefficient (Wildman–Crippen LogP) is 2.25. The third kappa shape index (κ3) is 3.58. The average molecular weight is 407 g/mol. The van der Waals surface area contributed by atoms with Crippen molar-refractivity contribution in [3.05, 3.63) is 47.5 Å². The van der Waals surface area contributed by atoms with Crippen LogP contribution in [0.2, 0.25) is 0 Å². The Hall–Kier alpha value is -2.91. The lowest BCUT2D eigenvalue weighted by Gasteiger charge is -2.35. The molecule has 2 atom stereocenters. The van der Waals surface area contributed by atoms with E-state index in [0.717, 1.165) is 10.1 Å². The van der Waals surface area contributed by atoms with Crippen molar-refractivity contribution in [2.45, 2.75) is 38.7 Å². The van der Waals surface area contributed by atoms with Crippen molar-refractivity contribution in [3.63, 3.8) is 0 Å². The van der Waals surface area contributed by atoms with Gasteiger partial charge in [-0.25, -0.2) is 0 Å². The molecule has 1 aromatic carbocycles. The third-order valence-electron chi connectivity index (χ3n) is 5.50. The van der Waals surface area contributed by atoms with Gasteiger partial charge in [-0.2, -0.15) is 13.2 Å². The zero-order valence-corrected chi connectivity index (χ0v) is 15.8. The first-order chi connectivity index (χ1) is 13.8. The molecule has 3 heterocycles. The van der Waals surface area contributed by atoms with Crippen LogP contribution < -0.4 is 0 Å². The van der Waals surface area contributed by atoms with Crippen molar-refractivity contribution >= 4 is 11.8 Å². The molecule has 2 unspecified atom stereocenters. The van der Waals surface area contributed by atoms with E-state index in [1.165, 1.54) is 4.90 Å². The predicted molar refractivity (Wildman–Crippen MR) is 95.1 cm³/mol. The van der Waals surface area contributed by atoms with Crippen molar-refractivity contribution < 1.29 is 22.8 Å². The smallest absolute Gasteiger partial charge is 0.338 e. The van der Waals surface area contributed by atoms with Gasteiger partial charge in [0.05, 0.1) is 12.0 Å². The lowest BCUT2D eigenvalue weighted by atomic mass is 10.0. The molecule has 0 aliphatic carbocycles. The average Bonchev–Trinajstić information content (AvgIpc) is 3.27. The zero-order chi connectivity index (χ0) is 20.8. The number of nitrogens with zero attached hydrogens (tertiary/aromatic N) is 5. The summed E-state index contributed by atoms with van der Waals surface area (Å²) in [4.78, 5) is 28.6. The minimum Gasteiger partial charge on any atom is -0.338 e. The summed E-state index contributed by atoms with van der Waals surface area (Å²) < 4.78 is 40.2. The van der Waals surface area contributed by atoms with Crippen molar-refractivity contribution in [3.8, 4) is 0 Å². The van der Waals surface area contributed by atoms with Gasteiger partial charge in [0, 0.05) is 32.6 Å². The summed E-state index contributed by atoms with van der Waals surface area (Å²) in [7, 11) is 0. The summed E-state index contributed by atoms with van der Waals surface area (Å²) in [6.07, 6.45) is -4.48. The number of alkyl halides is 3. The Bertz CT molecular complexity index is 928. The Morgan fingerprint density at radius 2 is 1.90 bits per heavy atom. The lowest BCUT2D eigenvalue weighted by Crippen LogP contribution is -2.45. The highest BCUT2D eigenvalue weighted by atomic mass is 19.4. The zero-order valence-electron chi connectivity index (χ0n) is 15.8. The van der Waals surface area contributed by atoms with Gasteiger partial charge in [-0.15, -0.1) is 10.2 Å². The number of fused-ring (bicyclic) bond motifs is 1. The highest BCUT2D eigenvalue weighted by molar-refractivity contribution is 5.89. The number of amides is 2. The number of hydrogen-bond acceptors (Lipinski definition) is 4. The molecule has 1 fully saturated rings. The fourth-order valence-corrected chi connectivity index (χ4v) is 4.02. The first kappa shape index (κ1) is 19.4. The number of benzene rings is 1. The summed E-state index contributed by atoms with van der Waals surface area (Å²) in [6, 6.07) is 8.86. The van der Waals surface area contributed by atoms with E-state index < -0.39 is 24.0 Å². The van der Waals surface area contributed by atoms with Gasteiger partial charge in [-0.05, 0) is 12.5 Å². The van der Waals surface area contributed by atoms with Gasteiger partial charge in [0.1, 0.15) is 0 Å². The van der Waals surface area contributed by atoms with E-state index in [-0.39, 0.29) is 37.1 Å². The molecule has 0 spiro atoms. The van der Waals surface area contributed by atoms with Crippen LogP contribution in [0.3, 0.4) is 0 Å². The molecule has 1 saturated heterocycles. The lowest BCUT2D eigenvalue weighted by molar-refractivity contribution is -0.148. The monoisotopic (exact) mass is 407 g/mol. The summed E-state index contributed by atoms with van der Waals surface area (Å²) in [5.41, 5.74) is 0.980. The second-order valence-corrected chi connectivity index (χ2v) is 7.40. The summed E-state index contributed by atoms with van der Waals surface area (Å²) in [5, 5.41) is 6.94. The van der Waals surface area contributed by atoms with Crippen LogP contribution in [0.5, 0.6) is 0 Å². The topological polar surface area (TPSA) is 71.3 Å². The highest BCUT2D eigenvalue weighted by Crippen LogP contribution is 2.34. The van der Waals surface area contributed by atoms with E-state index in [2.05, 4.69) is 10.2 Å².